The molecule has 0 saturated heterocycles. The van der Waals surface area contributed by atoms with Crippen molar-refractivity contribution in [1.82, 2.24) is 10.6 Å². The topological polar surface area (TPSA) is 84.5 Å². The SMILES string of the molecule is CCCc1cc(C(=O)OCC(=O)NC(=O)NCc2ccccc2)sc1C. The number of ether oxygens (including phenoxy) is 1. The van der Waals surface area contributed by atoms with Gasteiger partial charge >= 0.3 is 12.0 Å². The monoisotopic (exact) mass is 374 g/mol. The van der Waals surface area contributed by atoms with E-state index >= 15 is 0 Å². The number of thiophene rings is 1. The van der Waals surface area contributed by atoms with Gasteiger partial charge in [-0.15, -0.1) is 11.3 Å². The molecule has 1 aromatic heterocycles. The number of urea groups is 1. The van der Waals surface area contributed by atoms with Crippen LogP contribution >= 0.6 is 11.3 Å². The van der Waals surface area contributed by atoms with Crippen LogP contribution < -0.4 is 10.6 Å². The van der Waals surface area contributed by atoms with Gasteiger partial charge in [0.1, 0.15) is 4.88 Å². The zero-order valence-electron chi connectivity index (χ0n) is 14.8. The van der Waals surface area contributed by atoms with Crippen LogP contribution in [0.1, 0.15) is 39.0 Å². The third kappa shape index (κ3) is 6.00. The lowest BCUT2D eigenvalue weighted by Crippen LogP contribution is -2.41. The number of carbonyl (C=O) groups is 3. The number of imide groups is 1. The number of hydrogen-bond donors (Lipinski definition) is 2. The lowest BCUT2D eigenvalue weighted by molar-refractivity contribution is -0.123. The van der Waals surface area contributed by atoms with E-state index in [1.165, 1.54) is 11.3 Å². The molecule has 1 heterocycles. The highest BCUT2D eigenvalue weighted by Gasteiger charge is 2.16. The van der Waals surface area contributed by atoms with E-state index in [4.69, 9.17) is 4.74 Å². The maximum atomic E-state index is 12.0. The van der Waals surface area contributed by atoms with Gasteiger partial charge in [0.15, 0.2) is 6.61 Å². The van der Waals surface area contributed by atoms with Crippen molar-refractivity contribution in [3.63, 3.8) is 0 Å². The summed E-state index contributed by atoms with van der Waals surface area (Å²) in [5.41, 5.74) is 2.03. The van der Waals surface area contributed by atoms with Crippen LogP contribution in [-0.4, -0.2) is 24.5 Å². The quantitative estimate of drug-likeness (QED) is 0.729. The number of benzene rings is 1. The molecule has 6 nitrogen and oxygen atoms in total. The summed E-state index contributed by atoms with van der Waals surface area (Å²) in [6.07, 6.45) is 1.89. The fourth-order valence-corrected chi connectivity index (χ4v) is 3.29. The van der Waals surface area contributed by atoms with E-state index < -0.39 is 24.5 Å². The summed E-state index contributed by atoms with van der Waals surface area (Å²) in [5.74, 6) is -1.23. The summed E-state index contributed by atoms with van der Waals surface area (Å²) >= 11 is 1.35. The van der Waals surface area contributed by atoms with Gasteiger partial charge in [0.2, 0.25) is 0 Å². The predicted octanol–water partition coefficient (Wildman–Crippen LogP) is 3.19. The molecule has 138 valence electrons. The molecular formula is C19H22N2O4S. The second kappa shape index (κ2) is 9.72. The third-order valence-corrected chi connectivity index (χ3v) is 4.70. The Hall–Kier alpha value is -2.67. The Bertz CT molecular complexity index is 771. The van der Waals surface area contributed by atoms with E-state index in [9.17, 15) is 14.4 Å². The highest BCUT2D eigenvalue weighted by Crippen LogP contribution is 2.23. The zero-order valence-corrected chi connectivity index (χ0v) is 15.7. The van der Waals surface area contributed by atoms with E-state index in [0.29, 0.717) is 11.4 Å². The normalized spacial score (nSPS) is 10.2. The number of esters is 1. The number of amides is 3. The van der Waals surface area contributed by atoms with Crippen molar-refractivity contribution < 1.29 is 19.1 Å². The van der Waals surface area contributed by atoms with E-state index in [1.807, 2.05) is 37.3 Å². The van der Waals surface area contributed by atoms with Crippen LogP contribution in [0.25, 0.3) is 0 Å². The second-order valence-electron chi connectivity index (χ2n) is 5.73. The van der Waals surface area contributed by atoms with Gasteiger partial charge < -0.3 is 10.1 Å². The molecule has 0 fully saturated rings. The Morgan fingerprint density at radius 1 is 1.15 bits per heavy atom. The van der Waals surface area contributed by atoms with Crippen LogP contribution in [0.3, 0.4) is 0 Å². The molecule has 2 rings (SSSR count). The Kier molecular flexibility index (Phi) is 7.35. The van der Waals surface area contributed by atoms with Gasteiger partial charge in [-0.25, -0.2) is 9.59 Å². The molecule has 1 aromatic carbocycles. The van der Waals surface area contributed by atoms with Crippen molar-refractivity contribution in [1.29, 1.82) is 0 Å². The first-order chi connectivity index (χ1) is 12.5. The molecule has 0 unspecified atom stereocenters. The number of aryl methyl sites for hydroxylation is 2. The molecule has 0 radical (unpaired) electrons. The minimum absolute atomic E-state index is 0.300. The first-order valence-electron chi connectivity index (χ1n) is 8.37. The van der Waals surface area contributed by atoms with E-state index in [1.54, 1.807) is 6.07 Å². The highest BCUT2D eigenvalue weighted by atomic mass is 32.1. The molecule has 3 amide bonds. The fourth-order valence-electron chi connectivity index (χ4n) is 2.33. The fraction of sp³-hybridized carbons (Fsp3) is 0.316. The van der Waals surface area contributed by atoms with E-state index in [2.05, 4.69) is 17.6 Å². The summed E-state index contributed by atoms with van der Waals surface area (Å²) in [6.45, 7) is 3.82. The summed E-state index contributed by atoms with van der Waals surface area (Å²) < 4.78 is 4.98. The lowest BCUT2D eigenvalue weighted by atomic mass is 10.1. The molecule has 0 aliphatic rings. The second-order valence-corrected chi connectivity index (χ2v) is 6.99. The molecular weight excluding hydrogens is 352 g/mol. The van der Waals surface area contributed by atoms with Gasteiger partial charge in [0, 0.05) is 11.4 Å². The maximum Gasteiger partial charge on any atom is 0.348 e. The largest absolute Gasteiger partial charge is 0.451 e. The van der Waals surface area contributed by atoms with Crippen molar-refractivity contribution >= 4 is 29.2 Å². The first-order valence-corrected chi connectivity index (χ1v) is 9.19. The molecule has 0 saturated carbocycles. The van der Waals surface area contributed by atoms with Crippen molar-refractivity contribution in [2.24, 2.45) is 0 Å². The van der Waals surface area contributed by atoms with Crippen LogP contribution in [0.15, 0.2) is 36.4 Å². The summed E-state index contributed by atoms with van der Waals surface area (Å²) in [7, 11) is 0. The number of hydrogen-bond acceptors (Lipinski definition) is 5. The van der Waals surface area contributed by atoms with Crippen LogP contribution in [0.4, 0.5) is 4.79 Å². The minimum atomic E-state index is -0.675. The van der Waals surface area contributed by atoms with Gasteiger partial charge in [0.05, 0.1) is 0 Å². The highest BCUT2D eigenvalue weighted by molar-refractivity contribution is 7.14. The summed E-state index contributed by atoms with van der Waals surface area (Å²) in [6, 6.07) is 10.5. The maximum absolute atomic E-state index is 12.0. The average Bonchev–Trinajstić information content (AvgIpc) is 3.00. The van der Waals surface area contributed by atoms with Crippen LogP contribution in [0, 0.1) is 6.92 Å². The molecule has 0 aliphatic carbocycles. The number of rotatable bonds is 7. The van der Waals surface area contributed by atoms with E-state index in [0.717, 1.165) is 28.8 Å². The molecule has 2 N–H and O–H groups in total. The van der Waals surface area contributed by atoms with Crippen molar-refractivity contribution in [3.05, 3.63) is 57.3 Å². The Labute approximate surface area is 156 Å². The van der Waals surface area contributed by atoms with Crippen molar-refractivity contribution in [2.45, 2.75) is 33.2 Å². The molecule has 26 heavy (non-hydrogen) atoms. The Balaban J connectivity index is 1.74. The first kappa shape index (κ1) is 19.7. The smallest absolute Gasteiger partial charge is 0.348 e. The van der Waals surface area contributed by atoms with Gasteiger partial charge in [-0.2, -0.15) is 0 Å². The lowest BCUT2D eigenvalue weighted by Gasteiger charge is -2.07. The van der Waals surface area contributed by atoms with Gasteiger partial charge in [-0.05, 0) is 30.5 Å². The van der Waals surface area contributed by atoms with Crippen molar-refractivity contribution in [3.8, 4) is 0 Å². The molecule has 0 spiro atoms. The molecule has 0 bridgehead atoms. The van der Waals surface area contributed by atoms with Crippen LogP contribution in [0.5, 0.6) is 0 Å². The number of nitrogens with one attached hydrogen (secondary N) is 2. The Morgan fingerprint density at radius 2 is 1.88 bits per heavy atom. The van der Waals surface area contributed by atoms with Gasteiger partial charge in [-0.3, -0.25) is 10.1 Å². The predicted molar refractivity (Wildman–Crippen MR) is 100 cm³/mol. The molecule has 2 aromatic rings. The summed E-state index contributed by atoms with van der Waals surface area (Å²) in [4.78, 5) is 37.0. The molecule has 0 atom stereocenters. The van der Waals surface area contributed by atoms with Gasteiger partial charge in [-0.1, -0.05) is 43.7 Å². The Morgan fingerprint density at radius 3 is 2.58 bits per heavy atom. The van der Waals surface area contributed by atoms with Crippen LogP contribution in [0.2, 0.25) is 0 Å². The number of carbonyl (C=O) groups excluding carboxylic acids is 3. The van der Waals surface area contributed by atoms with E-state index in [-0.39, 0.29) is 0 Å². The molecule has 0 aliphatic heterocycles. The average molecular weight is 374 g/mol. The minimum Gasteiger partial charge on any atom is -0.451 e. The third-order valence-electron chi connectivity index (χ3n) is 3.62. The van der Waals surface area contributed by atoms with Crippen molar-refractivity contribution in [2.75, 3.05) is 6.61 Å². The zero-order chi connectivity index (χ0) is 18.9. The molecule has 7 heteroatoms. The standard InChI is InChI=1S/C19H22N2O4S/c1-3-7-15-10-16(26-13(15)2)18(23)25-12-17(22)21-19(24)20-11-14-8-5-4-6-9-14/h4-6,8-10H,3,7,11-12H2,1-2H3,(H2,20,21,22,24). The van der Waals surface area contributed by atoms with Gasteiger partial charge in [0.25, 0.3) is 5.91 Å². The summed E-state index contributed by atoms with van der Waals surface area (Å²) in [5, 5.41) is 4.70. The van der Waals surface area contributed by atoms with Crippen LogP contribution in [-0.2, 0) is 22.5 Å².